The van der Waals surface area contributed by atoms with Crippen LogP contribution in [-0.2, 0) is 5.41 Å². The summed E-state index contributed by atoms with van der Waals surface area (Å²) < 4.78 is 0. The molecule has 12 rings (SSSR count). The molecule has 1 spiro atoms. The van der Waals surface area contributed by atoms with Crippen LogP contribution in [0, 0.1) is 23.7 Å². The van der Waals surface area contributed by atoms with Crippen LogP contribution in [0.15, 0.2) is 157 Å². The first-order chi connectivity index (χ1) is 25.2. The third-order valence-electron chi connectivity index (χ3n) is 13.5. The summed E-state index contributed by atoms with van der Waals surface area (Å²) >= 11 is 0. The van der Waals surface area contributed by atoms with Gasteiger partial charge in [0.1, 0.15) is 0 Å². The molecule has 0 aromatic heterocycles. The summed E-state index contributed by atoms with van der Waals surface area (Å²) in [4.78, 5) is 2.42. The maximum atomic E-state index is 2.61. The van der Waals surface area contributed by atoms with Crippen LogP contribution in [0.25, 0.3) is 44.2 Å². The first kappa shape index (κ1) is 29.6. The van der Waals surface area contributed by atoms with Crippen LogP contribution in [-0.4, -0.2) is 0 Å². The molecule has 6 aromatic carbocycles. The highest BCUT2D eigenvalue weighted by molar-refractivity contribution is 5.88. The minimum atomic E-state index is 0.199. The van der Waals surface area contributed by atoms with Gasteiger partial charge < -0.3 is 4.90 Å². The van der Waals surface area contributed by atoms with Crippen molar-refractivity contribution < 1.29 is 0 Å². The minimum absolute atomic E-state index is 0.199. The highest BCUT2D eigenvalue weighted by atomic mass is 15.1. The van der Waals surface area contributed by atoms with Crippen LogP contribution >= 0.6 is 0 Å². The standard InChI is InChI=1S/C50H43N/c1-2-10-43(11-3-1)51(44-21-16-36(17-22-44)39-15-14-35-8-4-5-9-38(35)31-39)45-23-18-37(19-24-45)40-20-25-47-46-12-6-7-13-48(46)50(49(47)32-40)41-27-33-26-34(29-41)30-42(50)28-33/h2,4-25,31-34,41-42H,1,3,26-30H2. The monoisotopic (exact) mass is 657 g/mol. The van der Waals surface area contributed by atoms with Crippen molar-refractivity contribution >= 4 is 22.1 Å². The molecule has 4 saturated carbocycles. The molecule has 248 valence electrons. The van der Waals surface area contributed by atoms with Gasteiger partial charge in [-0.3, -0.25) is 0 Å². The molecule has 0 amide bonds. The van der Waals surface area contributed by atoms with Crippen molar-refractivity contribution in [3.05, 3.63) is 169 Å². The molecular formula is C50H43N. The number of hydrogen-bond donors (Lipinski definition) is 0. The second-order valence-corrected chi connectivity index (χ2v) is 16.1. The van der Waals surface area contributed by atoms with Gasteiger partial charge in [0.15, 0.2) is 0 Å². The topological polar surface area (TPSA) is 3.24 Å². The minimum Gasteiger partial charge on any atom is -0.311 e. The Hall–Kier alpha value is -5.14. The Balaban J connectivity index is 0.949. The van der Waals surface area contributed by atoms with Gasteiger partial charge in [-0.2, -0.15) is 0 Å². The van der Waals surface area contributed by atoms with Gasteiger partial charge in [-0.25, -0.2) is 0 Å². The van der Waals surface area contributed by atoms with Crippen molar-refractivity contribution in [2.45, 2.75) is 50.4 Å². The maximum absolute atomic E-state index is 2.61. The number of anilines is 2. The van der Waals surface area contributed by atoms with Gasteiger partial charge in [-0.1, -0.05) is 109 Å². The molecule has 0 atom stereocenters. The quantitative estimate of drug-likeness (QED) is 0.178. The van der Waals surface area contributed by atoms with Crippen molar-refractivity contribution in [3.8, 4) is 33.4 Å². The predicted molar refractivity (Wildman–Crippen MR) is 213 cm³/mol. The van der Waals surface area contributed by atoms with E-state index >= 15 is 0 Å². The first-order valence-electron chi connectivity index (χ1n) is 19.3. The molecule has 1 nitrogen and oxygen atoms in total. The molecule has 6 aromatic rings. The van der Waals surface area contributed by atoms with E-state index in [9.17, 15) is 0 Å². The lowest BCUT2D eigenvalue weighted by molar-refractivity contribution is -0.0399. The number of nitrogens with zero attached hydrogens (tertiary/aromatic N) is 1. The van der Waals surface area contributed by atoms with Gasteiger partial charge in [0.25, 0.3) is 0 Å². The summed E-state index contributed by atoms with van der Waals surface area (Å²) in [6, 6.07) is 50.8. The van der Waals surface area contributed by atoms with Gasteiger partial charge in [0.2, 0.25) is 0 Å². The Labute approximate surface area is 302 Å². The van der Waals surface area contributed by atoms with E-state index < -0.39 is 0 Å². The Bertz CT molecular complexity index is 2340. The van der Waals surface area contributed by atoms with Crippen LogP contribution in [0.1, 0.15) is 56.1 Å². The molecule has 0 heterocycles. The zero-order valence-corrected chi connectivity index (χ0v) is 29.1. The normalized spacial score (nSPS) is 25.2. The second kappa shape index (κ2) is 11.4. The SMILES string of the molecule is C1=CC(N(c2ccc(-c3ccc4c(c3)C3(c5ccccc5-4)C4CC5CC(C4)CC3C5)cc2)c2ccc(-c3ccc4ccccc4c3)cc2)=CCC1. The lowest BCUT2D eigenvalue weighted by atomic mass is 9.43. The van der Waals surface area contributed by atoms with Crippen LogP contribution in [0.5, 0.6) is 0 Å². The molecule has 0 saturated heterocycles. The summed E-state index contributed by atoms with van der Waals surface area (Å²) in [5, 5.41) is 2.56. The lowest BCUT2D eigenvalue weighted by Crippen LogP contribution is -2.55. The Morgan fingerprint density at radius 2 is 1.06 bits per heavy atom. The highest BCUT2D eigenvalue weighted by Crippen LogP contribution is 2.69. The largest absolute Gasteiger partial charge is 0.311 e. The molecule has 0 radical (unpaired) electrons. The fourth-order valence-electron chi connectivity index (χ4n) is 11.5. The molecule has 6 aliphatic rings. The van der Waals surface area contributed by atoms with Crippen molar-refractivity contribution in [1.82, 2.24) is 0 Å². The molecule has 4 bridgehead atoms. The maximum Gasteiger partial charge on any atom is 0.0461 e. The van der Waals surface area contributed by atoms with E-state index in [4.69, 9.17) is 0 Å². The number of rotatable bonds is 5. The predicted octanol–water partition coefficient (Wildman–Crippen LogP) is 13.3. The zero-order chi connectivity index (χ0) is 33.5. The number of allylic oxidation sites excluding steroid dienone is 3. The third kappa shape index (κ3) is 4.53. The molecule has 0 unspecified atom stereocenters. The Morgan fingerprint density at radius 1 is 0.471 bits per heavy atom. The number of hydrogen-bond acceptors (Lipinski definition) is 1. The molecule has 51 heavy (non-hydrogen) atoms. The average molecular weight is 658 g/mol. The summed E-state index contributed by atoms with van der Waals surface area (Å²) in [6.07, 6.45) is 16.3. The van der Waals surface area contributed by atoms with Gasteiger partial charge in [0.05, 0.1) is 0 Å². The van der Waals surface area contributed by atoms with Crippen LogP contribution in [0.2, 0.25) is 0 Å². The number of benzene rings is 6. The van der Waals surface area contributed by atoms with Crippen LogP contribution in [0.3, 0.4) is 0 Å². The summed E-state index contributed by atoms with van der Waals surface area (Å²) in [7, 11) is 0. The lowest BCUT2D eigenvalue weighted by Gasteiger charge is -2.61. The summed E-state index contributed by atoms with van der Waals surface area (Å²) in [5.74, 6) is 3.48. The Kier molecular flexibility index (Phi) is 6.63. The van der Waals surface area contributed by atoms with Gasteiger partial charge in [-0.15, -0.1) is 0 Å². The van der Waals surface area contributed by atoms with Gasteiger partial charge >= 0.3 is 0 Å². The fraction of sp³-hybridized carbons (Fsp3) is 0.240. The van der Waals surface area contributed by atoms with Crippen molar-refractivity contribution in [3.63, 3.8) is 0 Å². The van der Waals surface area contributed by atoms with Crippen molar-refractivity contribution in [1.29, 1.82) is 0 Å². The molecule has 6 aliphatic carbocycles. The highest BCUT2D eigenvalue weighted by Gasteiger charge is 2.61. The molecular weight excluding hydrogens is 615 g/mol. The second-order valence-electron chi connectivity index (χ2n) is 16.1. The fourth-order valence-corrected chi connectivity index (χ4v) is 11.5. The third-order valence-corrected chi connectivity index (χ3v) is 13.5. The smallest absolute Gasteiger partial charge is 0.0461 e. The Morgan fingerprint density at radius 3 is 1.75 bits per heavy atom. The van der Waals surface area contributed by atoms with E-state index in [1.54, 1.807) is 11.1 Å². The van der Waals surface area contributed by atoms with Crippen LogP contribution in [0.4, 0.5) is 11.4 Å². The average Bonchev–Trinajstić information content (AvgIpc) is 3.48. The van der Waals surface area contributed by atoms with Crippen molar-refractivity contribution in [2.24, 2.45) is 23.7 Å². The van der Waals surface area contributed by atoms with E-state index in [2.05, 4.69) is 157 Å². The zero-order valence-electron chi connectivity index (χ0n) is 29.1. The van der Waals surface area contributed by atoms with Gasteiger partial charge in [-0.05, 0) is 166 Å². The molecule has 1 heteroatoms. The van der Waals surface area contributed by atoms with E-state index in [0.29, 0.717) is 0 Å². The summed E-state index contributed by atoms with van der Waals surface area (Å²) in [6.45, 7) is 0. The summed E-state index contributed by atoms with van der Waals surface area (Å²) in [5.41, 5.74) is 15.2. The molecule has 0 aliphatic heterocycles. The van der Waals surface area contributed by atoms with Crippen molar-refractivity contribution in [2.75, 3.05) is 4.90 Å². The van der Waals surface area contributed by atoms with Crippen LogP contribution < -0.4 is 4.90 Å². The van der Waals surface area contributed by atoms with E-state index in [0.717, 1.165) is 36.5 Å². The van der Waals surface area contributed by atoms with Gasteiger partial charge in [0, 0.05) is 22.5 Å². The van der Waals surface area contributed by atoms with E-state index in [1.165, 1.54) is 93.3 Å². The van der Waals surface area contributed by atoms with E-state index in [-0.39, 0.29) is 5.41 Å². The first-order valence-corrected chi connectivity index (χ1v) is 19.3. The molecule has 4 fully saturated rings. The van der Waals surface area contributed by atoms with E-state index in [1.807, 2.05) is 0 Å². The molecule has 0 N–H and O–H groups in total. The number of fused-ring (bicyclic) bond motifs is 4.